The summed E-state index contributed by atoms with van der Waals surface area (Å²) in [7, 11) is 0. The summed E-state index contributed by atoms with van der Waals surface area (Å²) in [5.74, 6) is -0.448. The zero-order valence-corrected chi connectivity index (χ0v) is 14.9. The van der Waals surface area contributed by atoms with Gasteiger partial charge in [0.25, 0.3) is 5.91 Å². The van der Waals surface area contributed by atoms with Gasteiger partial charge in [-0.05, 0) is 49.4 Å². The molecule has 0 aliphatic carbocycles. The molecule has 1 aromatic heterocycles. The first-order valence-corrected chi connectivity index (χ1v) is 8.52. The van der Waals surface area contributed by atoms with Gasteiger partial charge in [0.2, 0.25) is 0 Å². The van der Waals surface area contributed by atoms with Gasteiger partial charge in [0.05, 0.1) is 23.3 Å². The summed E-state index contributed by atoms with van der Waals surface area (Å²) in [5.41, 5.74) is 8.50. The number of nitrogens with one attached hydrogen (secondary N) is 3. The Hall–Kier alpha value is -3.88. The van der Waals surface area contributed by atoms with E-state index in [0.29, 0.717) is 33.8 Å². The van der Waals surface area contributed by atoms with Gasteiger partial charge in [-0.25, -0.2) is 9.18 Å². The number of H-pyrrole nitrogens is 1. The van der Waals surface area contributed by atoms with Crippen LogP contribution in [0.5, 0.6) is 0 Å². The topological polar surface area (TPSA) is 116 Å². The van der Waals surface area contributed by atoms with E-state index < -0.39 is 5.82 Å². The maximum absolute atomic E-state index is 13.4. The summed E-state index contributed by atoms with van der Waals surface area (Å²) < 4.78 is 13.4. The first-order chi connectivity index (χ1) is 13.4. The van der Waals surface area contributed by atoms with Crippen molar-refractivity contribution in [3.63, 3.8) is 0 Å². The molecule has 142 valence electrons. The molecular weight excluding hydrogens is 363 g/mol. The van der Waals surface area contributed by atoms with Crippen molar-refractivity contribution in [2.75, 3.05) is 17.2 Å². The van der Waals surface area contributed by atoms with Crippen LogP contribution in [0.15, 0.2) is 53.7 Å². The lowest BCUT2D eigenvalue weighted by molar-refractivity contribution is -0.114. The zero-order chi connectivity index (χ0) is 19.8. The molecule has 3 amide bonds. The van der Waals surface area contributed by atoms with Crippen LogP contribution in [0.1, 0.15) is 6.92 Å². The second kappa shape index (κ2) is 6.69. The van der Waals surface area contributed by atoms with Gasteiger partial charge >= 0.3 is 6.03 Å². The van der Waals surface area contributed by atoms with E-state index in [0.717, 1.165) is 5.52 Å². The van der Waals surface area contributed by atoms with E-state index in [1.807, 2.05) is 0 Å². The Kier molecular flexibility index (Phi) is 4.19. The monoisotopic (exact) mass is 380 g/mol. The van der Waals surface area contributed by atoms with E-state index in [-0.39, 0.29) is 18.5 Å². The first kappa shape index (κ1) is 17.5. The fraction of sp³-hybridized carbons (Fsp3) is 0.105. The molecule has 0 radical (unpaired) electrons. The number of amides is 3. The molecule has 8 nitrogen and oxygen atoms in total. The number of allylic oxidation sites excluding steroid dienone is 1. The van der Waals surface area contributed by atoms with Crippen molar-refractivity contribution < 1.29 is 14.0 Å². The Morgan fingerprint density at radius 2 is 1.89 bits per heavy atom. The third-order valence-electron chi connectivity index (χ3n) is 4.56. The van der Waals surface area contributed by atoms with Gasteiger partial charge in [-0.1, -0.05) is 0 Å². The van der Waals surface area contributed by atoms with Crippen molar-refractivity contribution in [1.82, 2.24) is 20.8 Å². The van der Waals surface area contributed by atoms with Gasteiger partial charge in [-0.2, -0.15) is 5.10 Å². The van der Waals surface area contributed by atoms with Gasteiger partial charge in [0, 0.05) is 16.8 Å². The second-order valence-electron chi connectivity index (χ2n) is 6.37. The molecule has 28 heavy (non-hydrogen) atoms. The van der Waals surface area contributed by atoms with Crippen molar-refractivity contribution in [2.24, 2.45) is 0 Å². The fourth-order valence-electron chi connectivity index (χ4n) is 3.10. The number of carbonyl (C=O) groups excluding carboxylic acids is 2. The number of anilines is 3. The average Bonchev–Trinajstić information content (AvgIpc) is 3.04. The molecule has 2 aromatic carbocycles. The normalized spacial score (nSPS) is 14.0. The van der Waals surface area contributed by atoms with E-state index in [9.17, 15) is 14.0 Å². The Labute approximate surface area is 159 Å². The largest absolute Gasteiger partial charge is 0.382 e. The van der Waals surface area contributed by atoms with E-state index >= 15 is 0 Å². The van der Waals surface area contributed by atoms with Crippen molar-refractivity contribution in [3.8, 4) is 0 Å². The smallest absolute Gasteiger partial charge is 0.319 e. The molecule has 4 rings (SSSR count). The number of benzene rings is 2. The summed E-state index contributed by atoms with van der Waals surface area (Å²) in [5, 5.41) is 12.6. The Morgan fingerprint density at radius 1 is 1.18 bits per heavy atom. The number of fused-ring (bicyclic) bond motifs is 1. The fourth-order valence-corrected chi connectivity index (χ4v) is 3.10. The van der Waals surface area contributed by atoms with Crippen molar-refractivity contribution >= 4 is 40.0 Å². The molecule has 0 saturated heterocycles. The Morgan fingerprint density at radius 3 is 2.61 bits per heavy atom. The average molecular weight is 380 g/mol. The Bertz CT molecular complexity index is 1120. The minimum absolute atomic E-state index is 0.0876. The summed E-state index contributed by atoms with van der Waals surface area (Å²) in [6.07, 6.45) is 0. The van der Waals surface area contributed by atoms with E-state index in [1.54, 1.807) is 25.1 Å². The molecule has 5 N–H and O–H groups in total. The number of rotatable bonds is 3. The standard InChI is InChI=1S/C19H17FN6O2/c1-10-15(9-22-19(28)23-10)18(27)26(12-4-2-11(20)3-5-12)13-6-7-16-14(8-13)17(21)25-24-16/h2-8H,9H2,1H3,(H3,21,24,25)(H2,22,23,28). The van der Waals surface area contributed by atoms with Gasteiger partial charge in [0.1, 0.15) is 5.82 Å². The SMILES string of the molecule is CC1=C(C(=O)N(c2ccc(F)cc2)c2ccc3[nH]nc(N)c3c2)CNC(=O)N1. The minimum atomic E-state index is -0.410. The van der Waals surface area contributed by atoms with Gasteiger partial charge in [0.15, 0.2) is 5.82 Å². The number of urea groups is 1. The van der Waals surface area contributed by atoms with Crippen molar-refractivity contribution in [3.05, 3.63) is 59.6 Å². The molecular formula is C19H17FN6O2. The number of carbonyl (C=O) groups is 2. The lowest BCUT2D eigenvalue weighted by Crippen LogP contribution is -2.45. The predicted molar refractivity (Wildman–Crippen MR) is 103 cm³/mol. The van der Waals surface area contributed by atoms with Crippen LogP contribution in [0, 0.1) is 5.82 Å². The maximum atomic E-state index is 13.4. The highest BCUT2D eigenvalue weighted by Gasteiger charge is 2.27. The lowest BCUT2D eigenvalue weighted by atomic mass is 10.1. The summed E-state index contributed by atoms with van der Waals surface area (Å²) in [6, 6.07) is 10.5. The lowest BCUT2D eigenvalue weighted by Gasteiger charge is -2.27. The molecule has 0 unspecified atom stereocenters. The van der Waals surface area contributed by atoms with Crippen molar-refractivity contribution in [2.45, 2.75) is 6.92 Å². The number of nitrogen functional groups attached to an aromatic ring is 1. The van der Waals surface area contributed by atoms with E-state index in [2.05, 4.69) is 20.8 Å². The molecule has 2 heterocycles. The third-order valence-corrected chi connectivity index (χ3v) is 4.56. The van der Waals surface area contributed by atoms with Crippen LogP contribution in [-0.2, 0) is 4.79 Å². The molecule has 1 aliphatic rings. The number of hydrogen-bond acceptors (Lipinski definition) is 4. The molecule has 0 atom stereocenters. The van der Waals surface area contributed by atoms with E-state index in [1.165, 1.54) is 29.2 Å². The summed E-state index contributed by atoms with van der Waals surface area (Å²) >= 11 is 0. The van der Waals surface area contributed by atoms with Gasteiger partial charge < -0.3 is 16.4 Å². The highest BCUT2D eigenvalue weighted by atomic mass is 19.1. The van der Waals surface area contributed by atoms with Gasteiger partial charge in [-0.15, -0.1) is 0 Å². The minimum Gasteiger partial charge on any atom is -0.382 e. The quantitative estimate of drug-likeness (QED) is 0.559. The first-order valence-electron chi connectivity index (χ1n) is 8.52. The number of halogens is 1. The zero-order valence-electron chi connectivity index (χ0n) is 14.9. The van der Waals surface area contributed by atoms with Crippen LogP contribution >= 0.6 is 0 Å². The van der Waals surface area contributed by atoms with Gasteiger partial charge in [-0.3, -0.25) is 14.8 Å². The number of nitrogens with zero attached hydrogens (tertiary/aromatic N) is 2. The molecule has 0 spiro atoms. The van der Waals surface area contributed by atoms with Crippen LogP contribution in [0.25, 0.3) is 10.9 Å². The van der Waals surface area contributed by atoms with Crippen LogP contribution in [0.2, 0.25) is 0 Å². The van der Waals surface area contributed by atoms with Crippen molar-refractivity contribution in [1.29, 1.82) is 0 Å². The molecule has 0 saturated carbocycles. The molecule has 3 aromatic rings. The van der Waals surface area contributed by atoms with Crippen LogP contribution in [0.3, 0.4) is 0 Å². The van der Waals surface area contributed by atoms with Crippen LogP contribution < -0.4 is 21.3 Å². The maximum Gasteiger partial charge on any atom is 0.319 e. The second-order valence-corrected chi connectivity index (χ2v) is 6.37. The summed E-state index contributed by atoms with van der Waals surface area (Å²) in [4.78, 5) is 26.3. The van der Waals surface area contributed by atoms with Crippen LogP contribution in [-0.4, -0.2) is 28.7 Å². The molecule has 0 fully saturated rings. The Balaban J connectivity index is 1.85. The van der Waals surface area contributed by atoms with Crippen LogP contribution in [0.4, 0.5) is 26.4 Å². The molecule has 1 aliphatic heterocycles. The number of nitrogens with two attached hydrogens (primary N) is 1. The predicted octanol–water partition coefficient (Wildman–Crippen LogP) is 2.54. The number of hydrogen-bond donors (Lipinski definition) is 4. The third kappa shape index (κ3) is 3.02. The highest BCUT2D eigenvalue weighted by Crippen LogP contribution is 2.31. The highest BCUT2D eigenvalue weighted by molar-refractivity contribution is 6.12. The molecule has 9 heteroatoms. The number of aromatic nitrogens is 2. The molecule has 0 bridgehead atoms. The summed E-state index contributed by atoms with van der Waals surface area (Å²) in [6.45, 7) is 1.75. The van der Waals surface area contributed by atoms with E-state index in [4.69, 9.17) is 5.73 Å². The number of aromatic amines is 1.